The molecule has 1 aromatic carbocycles. The van der Waals surface area contributed by atoms with E-state index in [1.54, 1.807) is 0 Å². The van der Waals surface area contributed by atoms with Crippen molar-refractivity contribution in [2.75, 3.05) is 20.1 Å². The van der Waals surface area contributed by atoms with E-state index >= 15 is 0 Å². The first-order valence-corrected chi connectivity index (χ1v) is 6.43. The second-order valence-corrected chi connectivity index (χ2v) is 4.85. The maximum Gasteiger partial charge on any atom is 0.234 e. The molecule has 0 unspecified atom stereocenters. The van der Waals surface area contributed by atoms with Gasteiger partial charge in [0.05, 0.1) is 6.54 Å². The summed E-state index contributed by atoms with van der Waals surface area (Å²) >= 11 is 0. The second kappa shape index (κ2) is 6.36. The van der Waals surface area contributed by atoms with Gasteiger partial charge in [0.15, 0.2) is 0 Å². The molecular weight excluding hydrogens is 224 g/mol. The van der Waals surface area contributed by atoms with Crippen LogP contribution in [0, 0.1) is 0 Å². The molecule has 3 nitrogen and oxygen atoms in total. The molecule has 2 rings (SSSR count). The van der Waals surface area contributed by atoms with E-state index in [4.69, 9.17) is 0 Å². The van der Waals surface area contributed by atoms with Crippen LogP contribution in [0.1, 0.15) is 18.4 Å². The van der Waals surface area contributed by atoms with Crippen molar-refractivity contribution in [2.45, 2.75) is 18.9 Å². The van der Waals surface area contributed by atoms with E-state index in [1.165, 1.54) is 5.56 Å². The van der Waals surface area contributed by atoms with Gasteiger partial charge in [-0.05, 0) is 25.5 Å². The van der Waals surface area contributed by atoms with Gasteiger partial charge < -0.3 is 5.32 Å². The summed E-state index contributed by atoms with van der Waals surface area (Å²) in [5.41, 5.74) is 1.19. The predicted molar refractivity (Wildman–Crippen MR) is 74.1 cm³/mol. The Bertz CT molecular complexity index is 410. The molecular formula is C15H20N2O. The Morgan fingerprint density at radius 3 is 2.78 bits per heavy atom. The van der Waals surface area contributed by atoms with Crippen LogP contribution in [0.15, 0.2) is 36.4 Å². The molecule has 1 aliphatic carbocycles. The van der Waals surface area contributed by atoms with Gasteiger partial charge in [0, 0.05) is 12.6 Å². The zero-order valence-electron chi connectivity index (χ0n) is 10.8. The minimum absolute atomic E-state index is 0.133. The Balaban J connectivity index is 1.69. The van der Waals surface area contributed by atoms with Gasteiger partial charge in [-0.2, -0.15) is 0 Å². The summed E-state index contributed by atoms with van der Waals surface area (Å²) in [4.78, 5) is 13.6. The number of hydrogen-bond acceptors (Lipinski definition) is 2. The molecule has 0 aliphatic heterocycles. The maximum atomic E-state index is 11.6. The Morgan fingerprint density at radius 2 is 2.11 bits per heavy atom. The van der Waals surface area contributed by atoms with Crippen molar-refractivity contribution < 1.29 is 4.79 Å². The summed E-state index contributed by atoms with van der Waals surface area (Å²) in [6.07, 6.45) is 6.45. The molecule has 0 radical (unpaired) electrons. The van der Waals surface area contributed by atoms with Gasteiger partial charge in [0.2, 0.25) is 5.91 Å². The maximum absolute atomic E-state index is 11.6. The van der Waals surface area contributed by atoms with Crippen molar-refractivity contribution in [3.63, 3.8) is 0 Å². The summed E-state index contributed by atoms with van der Waals surface area (Å²) in [7, 11) is 1.96. The molecule has 0 bridgehead atoms. The number of carbonyl (C=O) groups excluding carboxylic acids is 1. The van der Waals surface area contributed by atoms with Crippen LogP contribution in [-0.4, -0.2) is 37.0 Å². The highest BCUT2D eigenvalue weighted by atomic mass is 16.2. The van der Waals surface area contributed by atoms with Crippen molar-refractivity contribution in [1.82, 2.24) is 10.2 Å². The summed E-state index contributed by atoms with van der Waals surface area (Å²) in [5, 5.41) is 2.99. The molecule has 1 saturated carbocycles. The van der Waals surface area contributed by atoms with E-state index in [-0.39, 0.29) is 5.91 Å². The number of likely N-dealkylation sites (N-methyl/N-ethyl adjacent to an activating group) is 1. The first-order chi connectivity index (χ1) is 8.74. The normalized spacial score (nSPS) is 15.2. The molecule has 1 fully saturated rings. The zero-order valence-corrected chi connectivity index (χ0v) is 10.8. The third kappa shape index (κ3) is 4.72. The molecule has 0 aromatic heterocycles. The van der Waals surface area contributed by atoms with Crippen LogP contribution in [0.3, 0.4) is 0 Å². The molecule has 1 amide bonds. The topological polar surface area (TPSA) is 32.3 Å². The van der Waals surface area contributed by atoms with Crippen LogP contribution < -0.4 is 5.32 Å². The van der Waals surface area contributed by atoms with Gasteiger partial charge in [0.1, 0.15) is 0 Å². The van der Waals surface area contributed by atoms with Crippen molar-refractivity contribution in [3.8, 4) is 0 Å². The first kappa shape index (κ1) is 12.8. The Hall–Kier alpha value is -1.61. The van der Waals surface area contributed by atoms with Crippen LogP contribution >= 0.6 is 0 Å². The molecule has 0 heterocycles. The lowest BCUT2D eigenvalue weighted by Crippen LogP contribution is -2.36. The lowest BCUT2D eigenvalue weighted by Gasteiger charge is -2.13. The number of nitrogens with one attached hydrogen (secondary N) is 1. The SMILES string of the molecule is CN(C/C=C/c1ccccc1)CC(=O)NC1CC1. The largest absolute Gasteiger partial charge is 0.352 e. The van der Waals surface area contributed by atoms with E-state index in [2.05, 4.69) is 29.6 Å². The average molecular weight is 244 g/mol. The van der Waals surface area contributed by atoms with Crippen molar-refractivity contribution in [3.05, 3.63) is 42.0 Å². The third-order valence-electron chi connectivity index (χ3n) is 2.88. The predicted octanol–water partition coefficient (Wildman–Crippen LogP) is 1.91. The molecule has 0 atom stereocenters. The number of hydrogen-bond donors (Lipinski definition) is 1. The number of amides is 1. The fraction of sp³-hybridized carbons (Fsp3) is 0.400. The molecule has 0 spiro atoms. The Kier molecular flexibility index (Phi) is 4.53. The standard InChI is InChI=1S/C15H20N2O/c1-17(12-15(18)16-14-9-10-14)11-5-8-13-6-3-2-4-7-13/h2-8,14H,9-12H2,1H3,(H,16,18)/b8-5+. The zero-order chi connectivity index (χ0) is 12.8. The second-order valence-electron chi connectivity index (χ2n) is 4.85. The average Bonchev–Trinajstić information content (AvgIpc) is 3.14. The third-order valence-corrected chi connectivity index (χ3v) is 2.88. The van der Waals surface area contributed by atoms with Gasteiger partial charge in [-0.25, -0.2) is 0 Å². The van der Waals surface area contributed by atoms with Crippen LogP contribution in [0.2, 0.25) is 0 Å². The molecule has 3 heteroatoms. The molecule has 0 saturated heterocycles. The van der Waals surface area contributed by atoms with E-state index < -0.39 is 0 Å². The van der Waals surface area contributed by atoms with Gasteiger partial charge in [-0.1, -0.05) is 42.5 Å². The van der Waals surface area contributed by atoms with Crippen LogP contribution in [0.25, 0.3) is 6.08 Å². The monoisotopic (exact) mass is 244 g/mol. The van der Waals surface area contributed by atoms with Gasteiger partial charge in [-0.15, -0.1) is 0 Å². The molecule has 1 N–H and O–H groups in total. The van der Waals surface area contributed by atoms with E-state index in [0.29, 0.717) is 12.6 Å². The van der Waals surface area contributed by atoms with E-state index in [9.17, 15) is 4.79 Å². The quantitative estimate of drug-likeness (QED) is 0.829. The van der Waals surface area contributed by atoms with Crippen molar-refractivity contribution >= 4 is 12.0 Å². The van der Waals surface area contributed by atoms with E-state index in [1.807, 2.05) is 30.1 Å². The summed E-state index contributed by atoms with van der Waals surface area (Å²) < 4.78 is 0. The summed E-state index contributed by atoms with van der Waals surface area (Å²) in [5.74, 6) is 0.133. The van der Waals surface area contributed by atoms with Crippen LogP contribution in [-0.2, 0) is 4.79 Å². The van der Waals surface area contributed by atoms with E-state index in [0.717, 1.165) is 19.4 Å². The number of rotatable bonds is 6. The minimum Gasteiger partial charge on any atom is -0.352 e. The summed E-state index contributed by atoms with van der Waals surface area (Å²) in [6, 6.07) is 10.6. The van der Waals surface area contributed by atoms with Gasteiger partial charge in [0.25, 0.3) is 0 Å². The molecule has 18 heavy (non-hydrogen) atoms. The highest BCUT2D eigenvalue weighted by molar-refractivity contribution is 5.78. The first-order valence-electron chi connectivity index (χ1n) is 6.43. The smallest absolute Gasteiger partial charge is 0.234 e. The molecule has 1 aromatic rings. The van der Waals surface area contributed by atoms with Crippen molar-refractivity contribution in [1.29, 1.82) is 0 Å². The van der Waals surface area contributed by atoms with Crippen molar-refractivity contribution in [2.24, 2.45) is 0 Å². The number of nitrogens with zero attached hydrogens (tertiary/aromatic N) is 1. The number of benzene rings is 1. The van der Waals surface area contributed by atoms with Gasteiger partial charge in [-0.3, -0.25) is 9.69 Å². The highest BCUT2D eigenvalue weighted by Gasteiger charge is 2.23. The lowest BCUT2D eigenvalue weighted by atomic mass is 10.2. The minimum atomic E-state index is 0.133. The Morgan fingerprint density at radius 1 is 1.39 bits per heavy atom. The van der Waals surface area contributed by atoms with Crippen LogP contribution in [0.4, 0.5) is 0 Å². The van der Waals surface area contributed by atoms with Crippen LogP contribution in [0.5, 0.6) is 0 Å². The van der Waals surface area contributed by atoms with Gasteiger partial charge >= 0.3 is 0 Å². The molecule has 1 aliphatic rings. The Labute approximate surface area is 108 Å². The lowest BCUT2D eigenvalue weighted by molar-refractivity contribution is -0.121. The number of carbonyl (C=O) groups is 1. The fourth-order valence-electron chi connectivity index (χ4n) is 1.74. The summed E-state index contributed by atoms with van der Waals surface area (Å²) in [6.45, 7) is 1.25. The fourth-order valence-corrected chi connectivity index (χ4v) is 1.74. The molecule has 96 valence electrons. The highest BCUT2D eigenvalue weighted by Crippen LogP contribution is 2.18.